The number of likely N-dealkylation sites (tertiary alicyclic amines) is 1. The van der Waals surface area contributed by atoms with Crippen LogP contribution in [0.5, 0.6) is 0 Å². The van der Waals surface area contributed by atoms with Crippen LogP contribution in [0.4, 0.5) is 0 Å². The number of nitrogens with zero attached hydrogens (tertiary/aromatic N) is 2. The van der Waals surface area contributed by atoms with Crippen LogP contribution in [0.3, 0.4) is 0 Å². The van der Waals surface area contributed by atoms with Gasteiger partial charge in [-0.15, -0.1) is 0 Å². The molecule has 2 rings (SSSR count). The average Bonchev–Trinajstić information content (AvgIpc) is 2.77. The van der Waals surface area contributed by atoms with E-state index in [9.17, 15) is 0 Å². The molecular weight excluding hydrogens is 220 g/mol. The maximum absolute atomic E-state index is 2.65. The molecule has 100 valence electrons. The Kier molecular flexibility index (Phi) is 4.41. The molecular formula is C16H26N2. The minimum atomic E-state index is 0.626. The molecule has 2 nitrogen and oxygen atoms in total. The normalized spacial score (nSPS) is 21.1. The molecule has 1 fully saturated rings. The van der Waals surface area contributed by atoms with Crippen molar-refractivity contribution in [3.63, 3.8) is 0 Å². The van der Waals surface area contributed by atoms with Crippen molar-refractivity contribution >= 4 is 0 Å². The van der Waals surface area contributed by atoms with Crippen molar-refractivity contribution in [1.82, 2.24) is 9.80 Å². The highest BCUT2D eigenvalue weighted by Gasteiger charge is 2.29. The monoisotopic (exact) mass is 246 g/mol. The number of hydrogen-bond donors (Lipinski definition) is 0. The molecule has 1 aliphatic rings. The smallest absolute Gasteiger partial charge is 0.0354 e. The third kappa shape index (κ3) is 2.93. The first-order chi connectivity index (χ1) is 8.59. The zero-order valence-electron chi connectivity index (χ0n) is 12.2. The molecule has 0 N–H and O–H groups in total. The molecule has 0 aliphatic carbocycles. The van der Waals surface area contributed by atoms with Gasteiger partial charge in [0.05, 0.1) is 0 Å². The van der Waals surface area contributed by atoms with E-state index in [0.29, 0.717) is 12.1 Å². The molecule has 0 unspecified atom stereocenters. The lowest BCUT2D eigenvalue weighted by Gasteiger charge is -2.30. The standard InChI is InChI=1S/C16H26N2/c1-13(2)18-11-7-10-16(18)15-9-6-5-8-14(15)12-17(3)4/h5-6,8-9,13,16H,7,10-12H2,1-4H3/t16-/m1/s1. The van der Waals surface area contributed by atoms with Crippen LogP contribution in [0.1, 0.15) is 43.9 Å². The van der Waals surface area contributed by atoms with Gasteiger partial charge in [-0.05, 0) is 58.5 Å². The summed E-state index contributed by atoms with van der Waals surface area (Å²) in [5.74, 6) is 0. The maximum Gasteiger partial charge on any atom is 0.0354 e. The van der Waals surface area contributed by atoms with E-state index in [1.165, 1.54) is 30.5 Å². The minimum absolute atomic E-state index is 0.626. The fourth-order valence-corrected chi connectivity index (χ4v) is 3.09. The first-order valence-corrected chi connectivity index (χ1v) is 7.08. The summed E-state index contributed by atoms with van der Waals surface area (Å²) in [4.78, 5) is 4.90. The van der Waals surface area contributed by atoms with Crippen molar-refractivity contribution in [2.45, 2.75) is 45.3 Å². The van der Waals surface area contributed by atoms with E-state index in [0.717, 1.165) is 6.54 Å². The van der Waals surface area contributed by atoms with E-state index in [-0.39, 0.29) is 0 Å². The minimum Gasteiger partial charge on any atom is -0.305 e. The van der Waals surface area contributed by atoms with E-state index < -0.39 is 0 Å². The van der Waals surface area contributed by atoms with Crippen LogP contribution in [-0.4, -0.2) is 36.5 Å². The Bertz CT molecular complexity index is 384. The van der Waals surface area contributed by atoms with Crippen LogP contribution < -0.4 is 0 Å². The second-order valence-electron chi connectivity index (χ2n) is 5.93. The first kappa shape index (κ1) is 13.6. The fraction of sp³-hybridized carbons (Fsp3) is 0.625. The Balaban J connectivity index is 2.26. The summed E-state index contributed by atoms with van der Waals surface area (Å²) < 4.78 is 0. The van der Waals surface area contributed by atoms with E-state index in [2.05, 4.69) is 62.0 Å². The zero-order valence-corrected chi connectivity index (χ0v) is 12.2. The van der Waals surface area contributed by atoms with Crippen LogP contribution in [0.15, 0.2) is 24.3 Å². The lowest BCUT2D eigenvalue weighted by Crippen LogP contribution is -2.31. The number of rotatable bonds is 4. The van der Waals surface area contributed by atoms with Gasteiger partial charge < -0.3 is 4.90 Å². The fourth-order valence-electron chi connectivity index (χ4n) is 3.09. The lowest BCUT2D eigenvalue weighted by molar-refractivity contribution is 0.204. The lowest BCUT2D eigenvalue weighted by atomic mass is 9.97. The van der Waals surface area contributed by atoms with E-state index in [4.69, 9.17) is 0 Å². The second kappa shape index (κ2) is 5.85. The van der Waals surface area contributed by atoms with Gasteiger partial charge in [0.2, 0.25) is 0 Å². The Morgan fingerprint density at radius 1 is 1.28 bits per heavy atom. The van der Waals surface area contributed by atoms with Crippen LogP contribution in [-0.2, 0) is 6.54 Å². The highest BCUT2D eigenvalue weighted by atomic mass is 15.2. The molecule has 0 saturated carbocycles. The van der Waals surface area contributed by atoms with Crippen LogP contribution in [0.25, 0.3) is 0 Å². The zero-order chi connectivity index (χ0) is 13.1. The summed E-state index contributed by atoms with van der Waals surface area (Å²) in [7, 11) is 4.29. The first-order valence-electron chi connectivity index (χ1n) is 7.08. The molecule has 0 bridgehead atoms. The molecule has 1 heterocycles. The molecule has 1 atom stereocenters. The van der Waals surface area contributed by atoms with Gasteiger partial charge in [-0.3, -0.25) is 4.90 Å². The van der Waals surface area contributed by atoms with Gasteiger partial charge in [-0.2, -0.15) is 0 Å². The Morgan fingerprint density at radius 2 is 2.00 bits per heavy atom. The Labute approximate surface area is 112 Å². The van der Waals surface area contributed by atoms with Crippen LogP contribution in [0.2, 0.25) is 0 Å². The third-order valence-corrected chi connectivity index (χ3v) is 3.86. The summed E-state index contributed by atoms with van der Waals surface area (Å²) in [6.07, 6.45) is 2.64. The van der Waals surface area contributed by atoms with Crippen molar-refractivity contribution in [1.29, 1.82) is 0 Å². The Hall–Kier alpha value is -0.860. The molecule has 0 amide bonds. The van der Waals surface area contributed by atoms with Crippen molar-refractivity contribution in [3.8, 4) is 0 Å². The Morgan fingerprint density at radius 3 is 2.67 bits per heavy atom. The van der Waals surface area contributed by atoms with E-state index in [1.54, 1.807) is 0 Å². The molecule has 1 saturated heterocycles. The van der Waals surface area contributed by atoms with Crippen molar-refractivity contribution in [2.75, 3.05) is 20.6 Å². The number of benzene rings is 1. The summed E-state index contributed by atoms with van der Waals surface area (Å²) in [5.41, 5.74) is 3.03. The van der Waals surface area contributed by atoms with Crippen LogP contribution >= 0.6 is 0 Å². The van der Waals surface area contributed by atoms with E-state index in [1.807, 2.05) is 0 Å². The van der Waals surface area contributed by atoms with Gasteiger partial charge in [-0.25, -0.2) is 0 Å². The van der Waals surface area contributed by atoms with Crippen molar-refractivity contribution in [3.05, 3.63) is 35.4 Å². The largest absolute Gasteiger partial charge is 0.305 e. The summed E-state index contributed by atoms with van der Waals surface area (Å²) in [6, 6.07) is 10.2. The molecule has 1 aliphatic heterocycles. The highest BCUT2D eigenvalue weighted by molar-refractivity contribution is 5.30. The van der Waals surface area contributed by atoms with Crippen molar-refractivity contribution < 1.29 is 0 Å². The molecule has 1 aromatic rings. The average molecular weight is 246 g/mol. The molecule has 1 aromatic carbocycles. The second-order valence-corrected chi connectivity index (χ2v) is 5.93. The summed E-state index contributed by atoms with van der Waals surface area (Å²) >= 11 is 0. The van der Waals surface area contributed by atoms with Gasteiger partial charge in [0.1, 0.15) is 0 Å². The molecule has 0 aromatic heterocycles. The summed E-state index contributed by atoms with van der Waals surface area (Å²) in [6.45, 7) is 6.91. The van der Waals surface area contributed by atoms with Crippen LogP contribution in [0, 0.1) is 0 Å². The van der Waals surface area contributed by atoms with Gasteiger partial charge in [-0.1, -0.05) is 24.3 Å². The van der Waals surface area contributed by atoms with Gasteiger partial charge in [0.25, 0.3) is 0 Å². The summed E-state index contributed by atoms with van der Waals surface area (Å²) in [5, 5.41) is 0. The SMILES string of the molecule is CC(C)N1CCC[C@@H]1c1ccccc1CN(C)C. The quantitative estimate of drug-likeness (QED) is 0.804. The van der Waals surface area contributed by atoms with Gasteiger partial charge in [0.15, 0.2) is 0 Å². The van der Waals surface area contributed by atoms with Gasteiger partial charge >= 0.3 is 0 Å². The van der Waals surface area contributed by atoms with Crippen molar-refractivity contribution in [2.24, 2.45) is 0 Å². The number of hydrogen-bond acceptors (Lipinski definition) is 2. The van der Waals surface area contributed by atoms with Gasteiger partial charge in [0, 0.05) is 18.6 Å². The molecule has 0 radical (unpaired) electrons. The topological polar surface area (TPSA) is 6.48 Å². The van der Waals surface area contributed by atoms with E-state index >= 15 is 0 Å². The molecule has 0 spiro atoms. The predicted molar refractivity (Wildman–Crippen MR) is 77.7 cm³/mol. The maximum atomic E-state index is 2.65. The molecule has 2 heteroatoms. The molecule has 18 heavy (non-hydrogen) atoms. The highest BCUT2D eigenvalue weighted by Crippen LogP contribution is 2.35. The predicted octanol–water partition coefficient (Wildman–Crippen LogP) is 3.29. The third-order valence-electron chi connectivity index (χ3n) is 3.86.